The average molecular weight is 470 g/mol. The molecule has 3 N–H and O–H groups in total. The van der Waals surface area contributed by atoms with Crippen molar-refractivity contribution in [1.29, 1.82) is 0 Å². The number of pyridine rings is 2. The van der Waals surface area contributed by atoms with Gasteiger partial charge < -0.3 is 20.9 Å². The van der Waals surface area contributed by atoms with Gasteiger partial charge in [0, 0.05) is 50.0 Å². The topological polar surface area (TPSA) is 86.6 Å². The lowest BCUT2D eigenvalue weighted by molar-refractivity contribution is 0.0966. The second-order valence-corrected chi connectivity index (χ2v) is 9.39. The van der Waals surface area contributed by atoms with Crippen LogP contribution in [-0.2, 0) is 6.54 Å². The number of imidazole rings is 1. The highest BCUT2D eigenvalue weighted by Crippen LogP contribution is 2.36. The van der Waals surface area contributed by atoms with Gasteiger partial charge in [-0.2, -0.15) is 0 Å². The summed E-state index contributed by atoms with van der Waals surface area (Å²) in [6.07, 6.45) is 4.56. The number of carbonyl (C=O) groups excluding carboxylic acids is 1. The quantitative estimate of drug-likeness (QED) is 0.425. The van der Waals surface area contributed by atoms with Crippen molar-refractivity contribution in [3.05, 3.63) is 71.8 Å². The molecule has 0 saturated carbocycles. The lowest BCUT2D eigenvalue weighted by Gasteiger charge is -2.25. The summed E-state index contributed by atoms with van der Waals surface area (Å²) in [6, 6.07) is 13.2. The zero-order valence-electron chi connectivity index (χ0n) is 19.0. The van der Waals surface area contributed by atoms with Crippen LogP contribution in [-0.4, -0.2) is 46.0 Å². The minimum absolute atomic E-state index is 0.125. The van der Waals surface area contributed by atoms with Crippen molar-refractivity contribution >= 4 is 28.9 Å². The van der Waals surface area contributed by atoms with Crippen molar-refractivity contribution in [1.82, 2.24) is 25.0 Å². The highest BCUT2D eigenvalue weighted by atomic mass is 19.1. The Morgan fingerprint density at radius 1 is 1.14 bits per heavy atom. The molecule has 0 aliphatic carbocycles. The minimum Gasteiger partial charge on any atom is -0.352 e. The molecule has 2 saturated heterocycles. The van der Waals surface area contributed by atoms with Crippen molar-refractivity contribution in [3.8, 4) is 11.3 Å². The molecule has 3 aliphatic rings. The fourth-order valence-corrected chi connectivity index (χ4v) is 5.77. The van der Waals surface area contributed by atoms with E-state index in [1.807, 2.05) is 28.7 Å². The average Bonchev–Trinajstić information content (AvgIpc) is 3.63. The van der Waals surface area contributed by atoms with Gasteiger partial charge in [0.25, 0.3) is 5.91 Å². The van der Waals surface area contributed by atoms with E-state index < -0.39 is 0 Å². The van der Waals surface area contributed by atoms with Gasteiger partial charge in [0.05, 0.1) is 23.1 Å². The molecule has 35 heavy (non-hydrogen) atoms. The van der Waals surface area contributed by atoms with Crippen molar-refractivity contribution < 1.29 is 9.18 Å². The highest BCUT2D eigenvalue weighted by molar-refractivity contribution is 6.06. The summed E-state index contributed by atoms with van der Waals surface area (Å²) in [4.78, 5) is 24.5. The maximum atomic E-state index is 13.6. The van der Waals surface area contributed by atoms with Gasteiger partial charge in [-0.25, -0.2) is 14.4 Å². The fraction of sp³-hybridized carbons (Fsp3) is 0.269. The van der Waals surface area contributed by atoms with Gasteiger partial charge in [0.2, 0.25) is 0 Å². The van der Waals surface area contributed by atoms with Crippen LogP contribution in [0.15, 0.2) is 54.9 Å². The Morgan fingerprint density at radius 3 is 3.03 bits per heavy atom. The largest absolute Gasteiger partial charge is 0.352 e. The number of anilines is 3. The van der Waals surface area contributed by atoms with Gasteiger partial charge in [-0.15, -0.1) is 0 Å². The van der Waals surface area contributed by atoms with Gasteiger partial charge in [0.1, 0.15) is 23.1 Å². The van der Waals surface area contributed by atoms with Crippen LogP contribution in [0.3, 0.4) is 0 Å². The first-order chi connectivity index (χ1) is 17.2. The molecule has 7 rings (SSSR count). The SMILES string of the molecule is O=C1NCc2c(-c3cnc4cc(F)ccn34)ccc(Nc3cccc(N4CC[C@@H]5CNC[C@@H]54)n3)c21. The maximum absolute atomic E-state index is 13.6. The van der Waals surface area contributed by atoms with Crippen LogP contribution in [0.25, 0.3) is 16.9 Å². The second-order valence-electron chi connectivity index (χ2n) is 9.39. The Morgan fingerprint density at radius 2 is 2.09 bits per heavy atom. The third-order valence-electron chi connectivity index (χ3n) is 7.45. The van der Waals surface area contributed by atoms with Crippen LogP contribution in [0, 0.1) is 11.7 Å². The number of nitrogens with one attached hydrogen (secondary N) is 3. The van der Waals surface area contributed by atoms with Crippen LogP contribution < -0.4 is 20.9 Å². The number of hydrogen-bond acceptors (Lipinski definition) is 6. The van der Waals surface area contributed by atoms with Crippen LogP contribution >= 0.6 is 0 Å². The molecular weight excluding hydrogens is 445 g/mol. The molecule has 3 aliphatic heterocycles. The van der Waals surface area contributed by atoms with E-state index in [4.69, 9.17) is 4.98 Å². The lowest BCUT2D eigenvalue weighted by atomic mass is 9.99. The number of hydrogen-bond donors (Lipinski definition) is 3. The Balaban J connectivity index is 1.24. The number of rotatable bonds is 4. The molecule has 0 bridgehead atoms. The molecule has 6 heterocycles. The van der Waals surface area contributed by atoms with Crippen LogP contribution in [0.1, 0.15) is 22.3 Å². The zero-order chi connectivity index (χ0) is 23.5. The van der Waals surface area contributed by atoms with Crippen LogP contribution in [0.5, 0.6) is 0 Å². The molecule has 1 amide bonds. The molecule has 2 fully saturated rings. The number of amides is 1. The Kier molecular flexibility index (Phi) is 4.53. The summed E-state index contributed by atoms with van der Waals surface area (Å²) in [5.41, 5.74) is 4.44. The first-order valence-corrected chi connectivity index (χ1v) is 11.9. The summed E-state index contributed by atoms with van der Waals surface area (Å²) in [5, 5.41) is 9.82. The standard InChI is InChI=1S/C26H24FN7O/c27-16-7-9-34-21(14-29-24(34)10-16)17-4-5-19(25-18(17)12-30-26(25)35)31-22-2-1-3-23(32-22)33-8-6-15-11-28-13-20(15)33/h1-5,7,9-10,14-15,20,28H,6,8,11-13H2,(H,30,35)(H,31,32)/t15-,20+/m1/s1. The summed E-state index contributed by atoms with van der Waals surface area (Å²) in [5.74, 6) is 1.89. The fourth-order valence-electron chi connectivity index (χ4n) is 5.77. The van der Waals surface area contributed by atoms with Crippen molar-refractivity contribution in [3.63, 3.8) is 0 Å². The smallest absolute Gasteiger partial charge is 0.254 e. The Bertz CT molecular complexity index is 1480. The van der Waals surface area contributed by atoms with Crippen LogP contribution in [0.4, 0.5) is 21.7 Å². The van der Waals surface area contributed by atoms with Crippen molar-refractivity contribution in [2.24, 2.45) is 5.92 Å². The molecule has 176 valence electrons. The summed E-state index contributed by atoms with van der Waals surface area (Å²) in [7, 11) is 0. The predicted molar refractivity (Wildman–Crippen MR) is 131 cm³/mol. The van der Waals surface area contributed by atoms with Gasteiger partial charge in [-0.1, -0.05) is 12.1 Å². The number of nitrogens with zero attached hydrogens (tertiary/aromatic N) is 4. The van der Waals surface area contributed by atoms with Crippen molar-refractivity contribution in [2.75, 3.05) is 29.9 Å². The van der Waals surface area contributed by atoms with Crippen molar-refractivity contribution in [2.45, 2.75) is 19.0 Å². The predicted octanol–water partition coefficient (Wildman–Crippen LogP) is 3.32. The third-order valence-corrected chi connectivity index (χ3v) is 7.45. The monoisotopic (exact) mass is 469 g/mol. The third kappa shape index (κ3) is 3.26. The Labute approximate surface area is 201 Å². The summed E-state index contributed by atoms with van der Waals surface area (Å²) >= 11 is 0. The molecule has 3 aromatic heterocycles. The summed E-state index contributed by atoms with van der Waals surface area (Å²) in [6.45, 7) is 3.51. The maximum Gasteiger partial charge on any atom is 0.254 e. The first kappa shape index (κ1) is 20.4. The number of halogens is 1. The molecule has 9 heteroatoms. The van der Waals surface area contributed by atoms with Gasteiger partial charge in [0.15, 0.2) is 0 Å². The molecule has 0 radical (unpaired) electrons. The molecule has 0 spiro atoms. The van der Waals surface area contributed by atoms with Gasteiger partial charge in [-0.3, -0.25) is 9.20 Å². The summed E-state index contributed by atoms with van der Waals surface area (Å²) < 4.78 is 15.5. The van der Waals surface area contributed by atoms with E-state index in [1.54, 1.807) is 12.4 Å². The highest BCUT2D eigenvalue weighted by Gasteiger charge is 2.38. The van der Waals surface area contributed by atoms with E-state index in [0.29, 0.717) is 41.2 Å². The van der Waals surface area contributed by atoms with E-state index in [-0.39, 0.29) is 11.7 Å². The second kappa shape index (κ2) is 7.78. The number of fused-ring (bicyclic) bond motifs is 3. The molecule has 4 aromatic rings. The minimum atomic E-state index is -0.334. The zero-order valence-corrected chi connectivity index (χ0v) is 19.0. The number of carbonyl (C=O) groups is 1. The molecular formula is C26H24FN7O. The van der Waals surface area contributed by atoms with Gasteiger partial charge >= 0.3 is 0 Å². The first-order valence-electron chi connectivity index (χ1n) is 11.9. The number of aromatic nitrogens is 3. The van der Waals surface area contributed by atoms with E-state index in [0.717, 1.165) is 42.3 Å². The van der Waals surface area contributed by atoms with Crippen LogP contribution in [0.2, 0.25) is 0 Å². The number of benzene rings is 1. The van der Waals surface area contributed by atoms with E-state index >= 15 is 0 Å². The molecule has 0 unspecified atom stereocenters. The van der Waals surface area contributed by atoms with E-state index in [1.165, 1.54) is 18.6 Å². The molecule has 1 aromatic carbocycles. The molecule has 2 atom stereocenters. The normalized spacial score (nSPS) is 20.8. The van der Waals surface area contributed by atoms with Gasteiger partial charge in [-0.05, 0) is 42.2 Å². The Hall–Kier alpha value is -3.98. The van der Waals surface area contributed by atoms with E-state index in [9.17, 15) is 9.18 Å². The molecule has 8 nitrogen and oxygen atoms in total. The lowest BCUT2D eigenvalue weighted by Crippen LogP contribution is -2.34. The van der Waals surface area contributed by atoms with E-state index in [2.05, 4.69) is 31.9 Å².